The van der Waals surface area contributed by atoms with Gasteiger partial charge in [-0.25, -0.2) is 9.37 Å². The quantitative estimate of drug-likeness (QED) is 0.214. The van der Waals surface area contributed by atoms with Gasteiger partial charge in [0.05, 0.1) is 23.3 Å². The maximum atomic E-state index is 13.8. The molecule has 0 spiro atoms. The summed E-state index contributed by atoms with van der Waals surface area (Å²) in [6, 6.07) is 17.9. The number of likely N-dealkylation sites (N-methyl/N-ethyl adjacent to an activating group) is 1. The normalized spacial score (nSPS) is 21.4. The third-order valence-corrected chi connectivity index (χ3v) is 10.1. The van der Waals surface area contributed by atoms with Gasteiger partial charge in [-0.2, -0.15) is 5.26 Å². The number of hydrogen-bond acceptors (Lipinski definition) is 6. The number of pyridine rings is 1. The predicted octanol–water partition coefficient (Wildman–Crippen LogP) is 6.98. The molecular weight excluding hydrogens is 600 g/mol. The highest BCUT2D eigenvalue weighted by Crippen LogP contribution is 2.46. The predicted molar refractivity (Wildman–Crippen MR) is 172 cm³/mol. The van der Waals surface area contributed by atoms with Gasteiger partial charge in [-0.3, -0.25) is 4.79 Å². The summed E-state index contributed by atoms with van der Waals surface area (Å²) in [7, 11) is 2.08. The number of amides is 1. The number of hydrogen-bond donors (Lipinski definition) is 0. The Balaban J connectivity index is 1.37. The van der Waals surface area contributed by atoms with E-state index < -0.39 is 11.7 Å². The smallest absolute Gasteiger partial charge is 0.282 e. The first-order valence-corrected chi connectivity index (χ1v) is 15.5. The minimum atomic E-state index is -0.961. The maximum absolute atomic E-state index is 13.8. The van der Waals surface area contributed by atoms with Gasteiger partial charge in [0, 0.05) is 45.5 Å². The standard InChI is InChI=1S/C34H30Cl2FN5O2/c1-19(37)34(43)41-13-11-29-30(41)17-42(29)32-24-14-27(36)23(22-9-3-6-20-7-4-10-26(35)31(20)22)15-28(24)39-33(25(32)16-38)44-18-21-8-5-12-40(21)2/h3-4,6-7,9-10,14-15,21,29-30H,1,5,8,11-13,17-18H2,2H3/t21-,29+,30+/m0/s1. The fourth-order valence-electron chi connectivity index (χ4n) is 7.12. The largest absolute Gasteiger partial charge is 0.475 e. The van der Waals surface area contributed by atoms with E-state index in [4.69, 9.17) is 32.9 Å². The summed E-state index contributed by atoms with van der Waals surface area (Å²) in [6.07, 6.45) is 2.75. The fraction of sp³-hybridized carbons (Fsp3) is 0.324. The van der Waals surface area contributed by atoms with Crippen LogP contribution in [-0.4, -0.2) is 72.1 Å². The molecule has 3 aromatic carbocycles. The molecule has 3 aliphatic rings. The van der Waals surface area contributed by atoms with Crippen LogP contribution in [-0.2, 0) is 4.79 Å². The van der Waals surface area contributed by atoms with Crippen LogP contribution in [0.25, 0.3) is 32.8 Å². The average molecular weight is 631 g/mol. The first-order chi connectivity index (χ1) is 21.3. The van der Waals surface area contributed by atoms with Gasteiger partial charge in [0.2, 0.25) is 5.88 Å². The second-order valence-corrected chi connectivity index (χ2v) is 12.6. The molecule has 7 rings (SSSR count). The second-order valence-electron chi connectivity index (χ2n) is 11.8. The van der Waals surface area contributed by atoms with Crippen LogP contribution in [0.4, 0.5) is 10.1 Å². The monoisotopic (exact) mass is 629 g/mol. The molecule has 7 nitrogen and oxygen atoms in total. The van der Waals surface area contributed by atoms with E-state index in [1.165, 1.54) is 0 Å². The summed E-state index contributed by atoms with van der Waals surface area (Å²) in [5.41, 5.74) is 3.27. The second kappa shape index (κ2) is 11.2. The van der Waals surface area contributed by atoms with Gasteiger partial charge in [0.15, 0.2) is 5.83 Å². The Morgan fingerprint density at radius 1 is 1.11 bits per heavy atom. The Morgan fingerprint density at radius 3 is 2.64 bits per heavy atom. The number of nitrogens with zero attached hydrogens (tertiary/aromatic N) is 5. The molecule has 3 fully saturated rings. The number of ether oxygens (including phenoxy) is 1. The molecule has 10 heteroatoms. The zero-order valence-corrected chi connectivity index (χ0v) is 25.7. The van der Waals surface area contributed by atoms with Crippen LogP contribution in [0.2, 0.25) is 10.0 Å². The summed E-state index contributed by atoms with van der Waals surface area (Å²) in [4.78, 5) is 23.3. The van der Waals surface area contributed by atoms with E-state index >= 15 is 0 Å². The van der Waals surface area contributed by atoms with Gasteiger partial charge < -0.3 is 19.4 Å². The summed E-state index contributed by atoms with van der Waals surface area (Å²) in [5, 5.41) is 14.2. The van der Waals surface area contributed by atoms with Crippen LogP contribution >= 0.6 is 23.2 Å². The molecule has 3 saturated heterocycles. The number of likely N-dealkylation sites (tertiary alicyclic amines) is 2. The van der Waals surface area contributed by atoms with Crippen molar-refractivity contribution < 1.29 is 13.9 Å². The number of nitriles is 1. The Morgan fingerprint density at radius 2 is 1.91 bits per heavy atom. The molecule has 0 N–H and O–H groups in total. The molecule has 44 heavy (non-hydrogen) atoms. The molecule has 1 amide bonds. The number of fused-ring (bicyclic) bond motifs is 3. The number of benzene rings is 3. The molecular formula is C34H30Cl2FN5O2. The molecule has 0 radical (unpaired) electrons. The van der Waals surface area contributed by atoms with Gasteiger partial charge in [0.25, 0.3) is 5.91 Å². The van der Waals surface area contributed by atoms with Gasteiger partial charge in [-0.05, 0) is 62.0 Å². The number of rotatable bonds is 6. The molecule has 0 bridgehead atoms. The lowest BCUT2D eigenvalue weighted by atomic mass is 9.92. The third-order valence-electron chi connectivity index (χ3n) is 9.43. The van der Waals surface area contributed by atoms with Gasteiger partial charge in [0.1, 0.15) is 18.2 Å². The number of carbonyl (C=O) groups is 1. The molecule has 0 saturated carbocycles. The highest BCUT2D eigenvalue weighted by molar-refractivity contribution is 6.38. The van der Waals surface area contributed by atoms with Crippen molar-refractivity contribution in [1.82, 2.24) is 14.8 Å². The van der Waals surface area contributed by atoms with E-state index in [-0.39, 0.29) is 24.0 Å². The molecule has 3 atom stereocenters. The molecule has 4 heterocycles. The zero-order valence-electron chi connectivity index (χ0n) is 24.2. The number of anilines is 1. The summed E-state index contributed by atoms with van der Waals surface area (Å²) in [5.74, 6) is -1.37. The van der Waals surface area contributed by atoms with E-state index in [1.54, 1.807) is 4.90 Å². The van der Waals surface area contributed by atoms with Crippen molar-refractivity contribution in [3.05, 3.63) is 76.5 Å². The first kappa shape index (κ1) is 28.8. The Hall–Kier alpha value is -3.90. The van der Waals surface area contributed by atoms with E-state index in [2.05, 4.69) is 29.5 Å². The molecule has 224 valence electrons. The van der Waals surface area contributed by atoms with Crippen molar-refractivity contribution in [3.63, 3.8) is 0 Å². The number of aromatic nitrogens is 1. The third kappa shape index (κ3) is 4.66. The van der Waals surface area contributed by atoms with E-state index in [1.807, 2.05) is 48.5 Å². The van der Waals surface area contributed by atoms with Crippen molar-refractivity contribution in [2.45, 2.75) is 37.4 Å². The average Bonchev–Trinajstić information content (AvgIpc) is 3.57. The SMILES string of the molecule is C=C(F)C(=O)N1CC[C@@H]2[C@H]1CN2c1c(C#N)c(OC[C@@H]2CCCN2C)nc2cc(-c3cccc4cccc(Cl)c34)c(Cl)cc12. The Kier molecular flexibility index (Phi) is 7.36. The first-order valence-electron chi connectivity index (χ1n) is 14.8. The van der Waals surface area contributed by atoms with Crippen molar-refractivity contribution in [2.75, 3.05) is 38.2 Å². The fourth-order valence-corrected chi connectivity index (χ4v) is 7.67. The van der Waals surface area contributed by atoms with Gasteiger partial charge in [-0.1, -0.05) is 60.1 Å². The topological polar surface area (TPSA) is 72.7 Å². The van der Waals surface area contributed by atoms with E-state index in [0.717, 1.165) is 41.3 Å². The highest BCUT2D eigenvalue weighted by atomic mass is 35.5. The lowest BCUT2D eigenvalue weighted by molar-refractivity contribution is -0.130. The molecule has 1 aromatic heterocycles. The Labute approximate surface area is 265 Å². The minimum Gasteiger partial charge on any atom is -0.475 e. The van der Waals surface area contributed by atoms with Crippen LogP contribution in [0.1, 0.15) is 24.8 Å². The van der Waals surface area contributed by atoms with Crippen LogP contribution in [0.15, 0.2) is 60.9 Å². The van der Waals surface area contributed by atoms with Crippen molar-refractivity contribution in [3.8, 4) is 23.1 Å². The maximum Gasteiger partial charge on any atom is 0.282 e. The lowest BCUT2D eigenvalue weighted by Gasteiger charge is -2.48. The molecule has 0 unspecified atom stereocenters. The van der Waals surface area contributed by atoms with E-state index in [9.17, 15) is 14.4 Å². The van der Waals surface area contributed by atoms with Crippen LogP contribution in [0.3, 0.4) is 0 Å². The van der Waals surface area contributed by atoms with Crippen molar-refractivity contribution in [2.24, 2.45) is 0 Å². The summed E-state index contributed by atoms with van der Waals surface area (Å²) in [6.45, 7) is 5.48. The van der Waals surface area contributed by atoms with Crippen LogP contribution < -0.4 is 9.64 Å². The molecule has 3 aliphatic heterocycles. The summed E-state index contributed by atoms with van der Waals surface area (Å²) < 4.78 is 20.1. The van der Waals surface area contributed by atoms with E-state index in [0.29, 0.717) is 58.3 Å². The molecule has 0 aliphatic carbocycles. The minimum absolute atomic E-state index is 0.0832. The zero-order chi connectivity index (χ0) is 30.7. The summed E-state index contributed by atoms with van der Waals surface area (Å²) >= 11 is 13.7. The molecule has 4 aromatic rings. The lowest BCUT2D eigenvalue weighted by Crippen LogP contribution is -2.63. The number of halogens is 3. The number of carbonyl (C=O) groups excluding carboxylic acids is 1. The van der Waals surface area contributed by atoms with Gasteiger partial charge in [-0.15, -0.1) is 0 Å². The Bertz CT molecular complexity index is 1890. The van der Waals surface area contributed by atoms with Crippen LogP contribution in [0.5, 0.6) is 5.88 Å². The highest BCUT2D eigenvalue weighted by Gasteiger charge is 2.50. The van der Waals surface area contributed by atoms with Crippen molar-refractivity contribution >= 4 is 56.5 Å². The van der Waals surface area contributed by atoms with Crippen LogP contribution in [0, 0.1) is 11.3 Å². The van der Waals surface area contributed by atoms with Crippen molar-refractivity contribution in [1.29, 1.82) is 5.26 Å². The van der Waals surface area contributed by atoms with Gasteiger partial charge >= 0.3 is 0 Å².